The summed E-state index contributed by atoms with van der Waals surface area (Å²) in [6.45, 7) is 1.98. The number of para-hydroxylation sites is 1. The minimum atomic E-state index is -4.22. The maximum atomic E-state index is 14.0. The largest absolute Gasteiger partial charge is 0.487 e. The van der Waals surface area contributed by atoms with Crippen molar-refractivity contribution in [2.24, 2.45) is 0 Å². The number of sulfonamides is 1. The average Bonchev–Trinajstić information content (AvgIpc) is 2.76. The van der Waals surface area contributed by atoms with Crippen LogP contribution in [0.3, 0.4) is 0 Å². The topological polar surface area (TPSA) is 49.9 Å². The Morgan fingerprint density at radius 2 is 1.35 bits per heavy atom. The molecule has 9 heteroatoms. The number of piperidine rings is 2. The van der Waals surface area contributed by atoms with E-state index in [1.54, 1.807) is 18.2 Å². The molecule has 0 atom stereocenters. The van der Waals surface area contributed by atoms with Crippen LogP contribution in [0.25, 0.3) is 0 Å². The highest BCUT2D eigenvalue weighted by Gasteiger charge is 2.36. The van der Waals surface area contributed by atoms with Crippen molar-refractivity contribution in [3.05, 3.63) is 59.9 Å². The van der Waals surface area contributed by atoms with Crippen LogP contribution in [0.4, 0.5) is 13.2 Å². The minimum Gasteiger partial charge on any atom is -0.487 e. The van der Waals surface area contributed by atoms with Gasteiger partial charge in [0.25, 0.3) is 0 Å². The van der Waals surface area contributed by atoms with Crippen LogP contribution in [0.1, 0.15) is 25.7 Å². The Balaban J connectivity index is 1.31. The van der Waals surface area contributed by atoms with Gasteiger partial charge in [0.1, 0.15) is 17.7 Å². The van der Waals surface area contributed by atoms with Gasteiger partial charge in [-0.15, -0.1) is 0 Å². The molecule has 2 heterocycles. The third-order valence-corrected chi connectivity index (χ3v) is 8.01. The molecular weight excluding hydrogens is 429 g/mol. The van der Waals surface area contributed by atoms with Gasteiger partial charge in [-0.25, -0.2) is 21.6 Å². The lowest BCUT2D eigenvalue weighted by Gasteiger charge is -2.41. The van der Waals surface area contributed by atoms with E-state index < -0.39 is 26.6 Å². The first-order valence-corrected chi connectivity index (χ1v) is 11.9. The van der Waals surface area contributed by atoms with E-state index in [-0.39, 0.29) is 36.8 Å². The van der Waals surface area contributed by atoms with Gasteiger partial charge in [-0.2, -0.15) is 4.31 Å². The molecule has 0 saturated carbocycles. The van der Waals surface area contributed by atoms with E-state index in [2.05, 4.69) is 4.90 Å². The molecule has 2 fully saturated rings. The molecule has 0 spiro atoms. The number of likely N-dealkylation sites (tertiary alicyclic amines) is 1. The van der Waals surface area contributed by atoms with Crippen molar-refractivity contribution in [3.63, 3.8) is 0 Å². The molecule has 0 aliphatic carbocycles. The Morgan fingerprint density at radius 1 is 0.774 bits per heavy atom. The molecule has 0 aromatic heterocycles. The zero-order valence-corrected chi connectivity index (χ0v) is 17.8. The lowest BCUT2D eigenvalue weighted by Crippen LogP contribution is -2.50. The highest BCUT2D eigenvalue weighted by molar-refractivity contribution is 7.89. The Morgan fingerprint density at radius 3 is 1.97 bits per heavy atom. The van der Waals surface area contributed by atoms with Gasteiger partial charge in [-0.05, 0) is 49.9 Å². The molecule has 2 aromatic rings. The van der Waals surface area contributed by atoms with E-state index in [9.17, 15) is 21.6 Å². The average molecular weight is 455 g/mol. The van der Waals surface area contributed by atoms with E-state index in [0.717, 1.165) is 44.1 Å². The SMILES string of the molecule is O=S(=O)(c1c(F)cccc1F)N1CCC(N2CCC(Oc3ccccc3F)CC2)CC1. The summed E-state index contributed by atoms with van der Waals surface area (Å²) in [4.78, 5) is 1.43. The zero-order valence-electron chi connectivity index (χ0n) is 17.0. The van der Waals surface area contributed by atoms with Crippen LogP contribution in [0, 0.1) is 17.5 Å². The second-order valence-electron chi connectivity index (χ2n) is 7.97. The molecule has 0 N–H and O–H groups in total. The molecule has 2 aliphatic heterocycles. The fourth-order valence-corrected chi connectivity index (χ4v) is 5.96. The van der Waals surface area contributed by atoms with Gasteiger partial charge in [-0.1, -0.05) is 18.2 Å². The predicted molar refractivity (Wildman–Crippen MR) is 110 cm³/mol. The van der Waals surface area contributed by atoms with Crippen LogP contribution in [0.5, 0.6) is 5.75 Å². The van der Waals surface area contributed by atoms with Gasteiger partial charge in [0, 0.05) is 32.2 Å². The summed E-state index contributed by atoms with van der Waals surface area (Å²) in [7, 11) is -4.22. The van der Waals surface area contributed by atoms with Crippen LogP contribution < -0.4 is 4.74 Å². The summed E-state index contributed by atoms with van der Waals surface area (Å²) >= 11 is 0. The molecule has 0 bridgehead atoms. The number of benzene rings is 2. The molecule has 0 unspecified atom stereocenters. The fraction of sp³-hybridized carbons (Fsp3) is 0.455. The van der Waals surface area contributed by atoms with Crippen molar-refractivity contribution in [3.8, 4) is 5.75 Å². The molecule has 2 saturated heterocycles. The smallest absolute Gasteiger partial charge is 0.248 e. The predicted octanol–water partition coefficient (Wildman–Crippen LogP) is 3.80. The Bertz CT molecular complexity index is 998. The van der Waals surface area contributed by atoms with Gasteiger partial charge in [0.15, 0.2) is 16.5 Å². The van der Waals surface area contributed by atoms with Crippen molar-refractivity contribution >= 4 is 10.0 Å². The van der Waals surface area contributed by atoms with Gasteiger partial charge in [0.2, 0.25) is 10.0 Å². The highest BCUT2D eigenvalue weighted by Crippen LogP contribution is 2.29. The molecule has 31 heavy (non-hydrogen) atoms. The summed E-state index contributed by atoms with van der Waals surface area (Å²) in [5.74, 6) is -2.25. The summed E-state index contributed by atoms with van der Waals surface area (Å²) in [6, 6.07) is 9.62. The molecule has 4 rings (SSSR count). The molecular formula is C22H25F3N2O3S. The maximum Gasteiger partial charge on any atom is 0.248 e. The van der Waals surface area contributed by atoms with E-state index in [1.807, 2.05) is 0 Å². The van der Waals surface area contributed by atoms with Crippen molar-refractivity contribution in [1.82, 2.24) is 9.21 Å². The highest BCUT2D eigenvalue weighted by atomic mass is 32.2. The third-order valence-electron chi connectivity index (χ3n) is 6.06. The van der Waals surface area contributed by atoms with E-state index in [0.29, 0.717) is 12.8 Å². The monoisotopic (exact) mass is 454 g/mol. The molecule has 0 amide bonds. The Labute approximate surface area is 180 Å². The molecule has 2 aliphatic rings. The number of hydrogen-bond acceptors (Lipinski definition) is 4. The zero-order chi connectivity index (χ0) is 22.0. The summed E-state index contributed by atoms with van der Waals surface area (Å²) < 4.78 is 74.2. The van der Waals surface area contributed by atoms with Gasteiger partial charge < -0.3 is 9.64 Å². The Hall–Kier alpha value is -2.10. The number of halogens is 3. The molecule has 2 aromatic carbocycles. The first-order chi connectivity index (χ1) is 14.9. The van der Waals surface area contributed by atoms with Crippen LogP contribution in [0.15, 0.2) is 47.4 Å². The van der Waals surface area contributed by atoms with Crippen LogP contribution in [0.2, 0.25) is 0 Å². The van der Waals surface area contributed by atoms with E-state index >= 15 is 0 Å². The first kappa shape index (κ1) is 22.1. The number of ether oxygens (including phenoxy) is 1. The van der Waals surface area contributed by atoms with Crippen molar-refractivity contribution in [1.29, 1.82) is 0 Å². The van der Waals surface area contributed by atoms with Crippen LogP contribution in [-0.4, -0.2) is 55.9 Å². The number of nitrogens with zero attached hydrogens (tertiary/aromatic N) is 2. The minimum absolute atomic E-state index is 0.0577. The maximum absolute atomic E-state index is 14.0. The van der Waals surface area contributed by atoms with Crippen LogP contribution in [-0.2, 0) is 10.0 Å². The number of hydrogen-bond donors (Lipinski definition) is 0. The van der Waals surface area contributed by atoms with Gasteiger partial charge >= 0.3 is 0 Å². The van der Waals surface area contributed by atoms with Crippen molar-refractivity contribution in [2.45, 2.75) is 42.7 Å². The lowest BCUT2D eigenvalue weighted by atomic mass is 10.00. The second-order valence-corrected chi connectivity index (χ2v) is 9.84. The summed E-state index contributed by atoms with van der Waals surface area (Å²) in [6.07, 6.45) is 2.64. The van der Waals surface area contributed by atoms with Crippen molar-refractivity contribution < 1.29 is 26.3 Å². The normalized spacial score (nSPS) is 20.1. The lowest BCUT2D eigenvalue weighted by molar-refractivity contribution is 0.0567. The summed E-state index contributed by atoms with van der Waals surface area (Å²) in [5, 5.41) is 0. The third kappa shape index (κ3) is 4.73. The summed E-state index contributed by atoms with van der Waals surface area (Å²) in [5.41, 5.74) is 0. The van der Waals surface area contributed by atoms with Crippen LogP contribution >= 0.6 is 0 Å². The van der Waals surface area contributed by atoms with E-state index in [1.165, 1.54) is 10.4 Å². The fourth-order valence-electron chi connectivity index (χ4n) is 4.38. The molecule has 5 nitrogen and oxygen atoms in total. The van der Waals surface area contributed by atoms with E-state index in [4.69, 9.17) is 4.74 Å². The van der Waals surface area contributed by atoms with Crippen molar-refractivity contribution in [2.75, 3.05) is 26.2 Å². The van der Waals surface area contributed by atoms with Gasteiger partial charge in [0.05, 0.1) is 0 Å². The first-order valence-electron chi connectivity index (χ1n) is 10.5. The molecule has 0 radical (unpaired) electrons. The second kappa shape index (κ2) is 9.18. The van der Waals surface area contributed by atoms with Gasteiger partial charge in [-0.3, -0.25) is 0 Å². The Kier molecular flexibility index (Phi) is 6.55. The number of rotatable bonds is 5. The standard InChI is InChI=1S/C22H25F3N2O3S/c23-18-4-1-2-7-21(18)30-17-10-12-26(13-11-17)16-8-14-27(15-9-16)31(28,29)22-19(24)5-3-6-20(22)25/h1-7,16-17H,8-15H2. The quantitative estimate of drug-likeness (QED) is 0.690. The molecule has 168 valence electrons.